The summed E-state index contributed by atoms with van der Waals surface area (Å²) in [5.74, 6) is -2.69. The molecule has 0 amide bonds. The maximum absolute atomic E-state index is 13.0. The Hall–Kier alpha value is -3.70. The SMILES string of the molecule is CC(N=[N+]=[N-])(N=[N+]=[N-])[C@H]1O[C@@H](OC(=N)C(Cl)(Cl)Cl)C(OC(=O)c2ccccc2)C1OC(=O)c1ccccc1. The molecule has 2 aromatic carbocycles. The van der Waals surface area contributed by atoms with Crippen molar-refractivity contribution in [1.29, 1.82) is 5.41 Å². The van der Waals surface area contributed by atoms with E-state index in [1.54, 1.807) is 36.4 Å². The summed E-state index contributed by atoms with van der Waals surface area (Å²) in [6, 6.07) is 15.6. The van der Waals surface area contributed by atoms with E-state index in [1.165, 1.54) is 31.2 Å². The number of halogens is 3. The lowest BCUT2D eigenvalue weighted by molar-refractivity contribution is -0.131. The summed E-state index contributed by atoms with van der Waals surface area (Å²) in [7, 11) is 0. The molecule has 0 saturated carbocycles. The van der Waals surface area contributed by atoms with Crippen molar-refractivity contribution < 1.29 is 28.5 Å². The van der Waals surface area contributed by atoms with Gasteiger partial charge in [0.15, 0.2) is 11.8 Å². The Bertz CT molecular complexity index is 1260. The van der Waals surface area contributed by atoms with Gasteiger partial charge in [0.25, 0.3) is 3.79 Å². The second-order valence-corrected chi connectivity index (χ2v) is 10.1. The van der Waals surface area contributed by atoms with E-state index in [9.17, 15) is 9.59 Å². The van der Waals surface area contributed by atoms with Gasteiger partial charge in [-0.2, -0.15) is 0 Å². The molecule has 1 saturated heterocycles. The van der Waals surface area contributed by atoms with Crippen LogP contribution in [0, 0.1) is 5.41 Å². The number of azide groups is 1. The van der Waals surface area contributed by atoms with Crippen LogP contribution < -0.4 is 0 Å². The van der Waals surface area contributed by atoms with Gasteiger partial charge in [0.1, 0.15) is 6.10 Å². The third-order valence-electron chi connectivity index (χ3n) is 5.20. The van der Waals surface area contributed by atoms with Crippen molar-refractivity contribution in [3.8, 4) is 0 Å². The Kier molecular flexibility index (Phi) is 9.29. The standard InChI is InChI=1S/C22H18Cl3N7O6/c1-21(29-31-27,30-32-28)16-14(35-17(33)12-8-4-2-5-9-12)15(19(37-16)38-20(26)22(23,24)25)36-18(34)13-10-6-3-7-11-13/h2-11,14-16,19,26H,1H3/t14?,15?,16-,19-/m0/s1. The first kappa shape index (κ1) is 28.9. The summed E-state index contributed by atoms with van der Waals surface area (Å²) in [5, 5.41) is 15.0. The number of esters is 2. The molecule has 38 heavy (non-hydrogen) atoms. The van der Waals surface area contributed by atoms with Crippen molar-refractivity contribution in [2.75, 3.05) is 0 Å². The van der Waals surface area contributed by atoms with Crippen LogP contribution in [0.1, 0.15) is 27.6 Å². The van der Waals surface area contributed by atoms with Crippen LogP contribution >= 0.6 is 34.8 Å². The van der Waals surface area contributed by atoms with Crippen molar-refractivity contribution in [1.82, 2.24) is 0 Å². The second kappa shape index (κ2) is 12.2. The lowest BCUT2D eigenvalue weighted by Gasteiger charge is -2.30. The number of ether oxygens (including phenoxy) is 4. The van der Waals surface area contributed by atoms with Crippen LogP contribution in [0.4, 0.5) is 0 Å². The summed E-state index contributed by atoms with van der Waals surface area (Å²) in [6.45, 7) is 1.19. The van der Waals surface area contributed by atoms with E-state index < -0.39 is 51.9 Å². The van der Waals surface area contributed by atoms with Crippen LogP contribution in [0.15, 0.2) is 70.9 Å². The zero-order valence-electron chi connectivity index (χ0n) is 19.3. The van der Waals surface area contributed by atoms with Crippen molar-refractivity contribution in [3.05, 3.63) is 92.7 Å². The molecule has 1 heterocycles. The molecule has 0 bridgehead atoms. The third kappa shape index (κ3) is 6.78. The quantitative estimate of drug-likeness (QED) is 0.0769. The minimum absolute atomic E-state index is 0.118. The Balaban J connectivity index is 2.09. The first-order valence-corrected chi connectivity index (χ1v) is 11.8. The highest BCUT2D eigenvalue weighted by Gasteiger charge is 2.58. The average Bonchev–Trinajstić information content (AvgIpc) is 3.21. The van der Waals surface area contributed by atoms with Crippen LogP contribution in [0.25, 0.3) is 20.9 Å². The molecule has 0 aromatic heterocycles. The topological polar surface area (TPSA) is 192 Å². The molecule has 0 radical (unpaired) electrons. The van der Waals surface area contributed by atoms with E-state index in [2.05, 4.69) is 20.1 Å². The molecule has 16 heteroatoms. The molecule has 1 fully saturated rings. The maximum Gasteiger partial charge on any atom is 0.338 e. The number of nitrogens with zero attached hydrogens (tertiary/aromatic N) is 6. The van der Waals surface area contributed by atoms with E-state index in [0.717, 1.165) is 0 Å². The molecule has 1 N–H and O–H groups in total. The Morgan fingerprint density at radius 1 is 0.868 bits per heavy atom. The van der Waals surface area contributed by atoms with Gasteiger partial charge in [0.2, 0.25) is 18.3 Å². The third-order valence-corrected chi connectivity index (χ3v) is 5.72. The van der Waals surface area contributed by atoms with Crippen molar-refractivity contribution >= 4 is 52.6 Å². The fourth-order valence-electron chi connectivity index (χ4n) is 3.44. The molecule has 13 nitrogen and oxygen atoms in total. The molecule has 3 rings (SSSR count). The minimum atomic E-state index is -2.34. The van der Waals surface area contributed by atoms with Gasteiger partial charge in [-0.1, -0.05) is 81.4 Å². The first-order valence-electron chi connectivity index (χ1n) is 10.6. The van der Waals surface area contributed by atoms with Gasteiger partial charge in [0, 0.05) is 9.82 Å². The Morgan fingerprint density at radius 2 is 1.32 bits per heavy atom. The van der Waals surface area contributed by atoms with Gasteiger partial charge in [-0.15, -0.1) is 0 Å². The average molecular weight is 583 g/mol. The molecule has 4 atom stereocenters. The molecular weight excluding hydrogens is 565 g/mol. The summed E-state index contributed by atoms with van der Waals surface area (Å²) in [5.41, 5.74) is 16.4. The Labute approximate surface area is 230 Å². The summed E-state index contributed by atoms with van der Waals surface area (Å²) >= 11 is 17.2. The predicted molar refractivity (Wildman–Crippen MR) is 136 cm³/mol. The predicted octanol–water partition coefficient (Wildman–Crippen LogP) is 5.86. The van der Waals surface area contributed by atoms with Crippen molar-refractivity contribution in [3.63, 3.8) is 0 Å². The largest absolute Gasteiger partial charge is 0.452 e. The molecular formula is C22H18Cl3N7O6. The van der Waals surface area contributed by atoms with E-state index in [-0.39, 0.29) is 11.1 Å². The highest BCUT2D eigenvalue weighted by Crippen LogP contribution is 2.39. The number of hydrogen-bond acceptors (Lipinski definition) is 9. The molecule has 198 valence electrons. The summed E-state index contributed by atoms with van der Waals surface area (Å²) < 4.78 is 20.0. The van der Waals surface area contributed by atoms with Crippen LogP contribution in [-0.2, 0) is 18.9 Å². The van der Waals surface area contributed by atoms with E-state index >= 15 is 0 Å². The number of carbonyl (C=O) groups is 2. The number of benzene rings is 2. The van der Waals surface area contributed by atoms with Gasteiger partial charge < -0.3 is 18.9 Å². The molecule has 0 spiro atoms. The summed E-state index contributed by atoms with van der Waals surface area (Å²) in [4.78, 5) is 31.3. The van der Waals surface area contributed by atoms with Gasteiger partial charge in [-0.25, -0.2) is 9.59 Å². The fourth-order valence-corrected chi connectivity index (χ4v) is 3.58. The maximum atomic E-state index is 13.0. The lowest BCUT2D eigenvalue weighted by Crippen LogP contribution is -2.48. The van der Waals surface area contributed by atoms with Crippen LogP contribution in [0.5, 0.6) is 0 Å². The lowest BCUT2D eigenvalue weighted by atomic mass is 9.99. The number of alkyl halides is 3. The van der Waals surface area contributed by atoms with Crippen LogP contribution in [0.3, 0.4) is 0 Å². The molecule has 1 aliphatic heterocycles. The van der Waals surface area contributed by atoms with Gasteiger partial charge in [-0.05, 0) is 42.3 Å². The van der Waals surface area contributed by atoms with E-state index in [1.807, 2.05) is 0 Å². The highest BCUT2D eigenvalue weighted by molar-refractivity contribution is 6.76. The number of carbonyl (C=O) groups excluding carboxylic acids is 2. The van der Waals surface area contributed by atoms with Crippen molar-refractivity contribution in [2.24, 2.45) is 10.2 Å². The zero-order valence-corrected chi connectivity index (χ0v) is 21.6. The molecule has 0 aliphatic carbocycles. The summed E-state index contributed by atoms with van der Waals surface area (Å²) in [6.07, 6.45) is -6.52. The van der Waals surface area contributed by atoms with Crippen LogP contribution in [-0.4, -0.2) is 51.9 Å². The minimum Gasteiger partial charge on any atom is -0.452 e. The smallest absolute Gasteiger partial charge is 0.338 e. The number of rotatable bonds is 8. The highest BCUT2D eigenvalue weighted by atomic mass is 35.6. The molecule has 2 unspecified atom stereocenters. The monoisotopic (exact) mass is 581 g/mol. The van der Waals surface area contributed by atoms with Crippen LogP contribution in [0.2, 0.25) is 0 Å². The van der Waals surface area contributed by atoms with Crippen molar-refractivity contribution in [2.45, 2.75) is 41.0 Å². The molecule has 1 aliphatic rings. The number of nitrogens with one attached hydrogen (secondary N) is 1. The zero-order chi connectivity index (χ0) is 27.9. The Morgan fingerprint density at radius 3 is 1.74 bits per heavy atom. The van der Waals surface area contributed by atoms with E-state index in [4.69, 9.17) is 70.2 Å². The molecule has 2 aromatic rings. The second-order valence-electron chi connectivity index (χ2n) is 7.81. The van der Waals surface area contributed by atoms with Gasteiger partial charge >= 0.3 is 11.9 Å². The first-order chi connectivity index (χ1) is 18.0. The van der Waals surface area contributed by atoms with Gasteiger partial charge in [0.05, 0.1) is 11.1 Å². The fraction of sp³-hybridized carbons (Fsp3) is 0.318. The number of hydrogen-bond donors (Lipinski definition) is 1. The van der Waals surface area contributed by atoms with Gasteiger partial charge in [-0.3, -0.25) is 5.41 Å². The normalized spacial score (nSPS) is 22.1. The van der Waals surface area contributed by atoms with E-state index in [0.29, 0.717) is 0 Å².